The lowest BCUT2D eigenvalue weighted by molar-refractivity contribution is -0.0236. The molecule has 1 fully saturated rings. The van der Waals surface area contributed by atoms with Gasteiger partial charge in [0.05, 0.1) is 12.7 Å². The van der Waals surface area contributed by atoms with Crippen molar-refractivity contribution in [3.8, 4) is 5.75 Å². The van der Waals surface area contributed by atoms with Crippen LogP contribution in [0, 0.1) is 10.8 Å². The first kappa shape index (κ1) is 16.3. The van der Waals surface area contributed by atoms with Crippen molar-refractivity contribution in [2.24, 2.45) is 16.6 Å². The molecular formula is C18H29NO2. The van der Waals surface area contributed by atoms with Crippen molar-refractivity contribution in [2.75, 3.05) is 13.2 Å². The molecule has 2 rings (SSSR count). The van der Waals surface area contributed by atoms with Gasteiger partial charge in [-0.1, -0.05) is 26.0 Å². The van der Waals surface area contributed by atoms with Crippen LogP contribution in [0.1, 0.15) is 58.1 Å². The quantitative estimate of drug-likeness (QED) is 0.870. The fraction of sp³-hybridized carbons (Fsp3) is 0.667. The molecule has 21 heavy (non-hydrogen) atoms. The van der Waals surface area contributed by atoms with Crippen molar-refractivity contribution in [3.05, 3.63) is 29.8 Å². The first-order valence-corrected chi connectivity index (χ1v) is 8.03. The molecule has 0 radical (unpaired) electrons. The normalized spacial score (nSPS) is 21.8. The molecule has 118 valence electrons. The van der Waals surface area contributed by atoms with Crippen LogP contribution in [0.3, 0.4) is 0 Å². The second-order valence-electron chi connectivity index (χ2n) is 7.14. The maximum Gasteiger partial charge on any atom is 0.119 e. The number of aliphatic hydroxyl groups is 1. The van der Waals surface area contributed by atoms with E-state index in [1.165, 1.54) is 0 Å². The number of rotatable bonds is 5. The van der Waals surface area contributed by atoms with Gasteiger partial charge >= 0.3 is 0 Å². The van der Waals surface area contributed by atoms with E-state index in [2.05, 4.69) is 13.8 Å². The molecule has 1 aromatic rings. The number of aliphatic hydroxyl groups excluding tert-OH is 1. The lowest BCUT2D eigenvalue weighted by Gasteiger charge is -2.45. The molecular weight excluding hydrogens is 262 g/mol. The van der Waals surface area contributed by atoms with E-state index in [4.69, 9.17) is 10.5 Å². The van der Waals surface area contributed by atoms with E-state index in [9.17, 15) is 5.11 Å². The second-order valence-corrected chi connectivity index (χ2v) is 7.14. The third-order valence-corrected chi connectivity index (χ3v) is 5.07. The van der Waals surface area contributed by atoms with Gasteiger partial charge in [-0.05, 0) is 55.7 Å². The number of ether oxygens (including phenoxy) is 1. The Balaban J connectivity index is 2.20. The minimum Gasteiger partial charge on any atom is -0.494 e. The van der Waals surface area contributed by atoms with Crippen molar-refractivity contribution in [3.63, 3.8) is 0 Å². The molecule has 1 aliphatic rings. The third-order valence-electron chi connectivity index (χ3n) is 5.07. The summed E-state index contributed by atoms with van der Waals surface area (Å²) in [5.41, 5.74) is 7.17. The van der Waals surface area contributed by atoms with Crippen molar-refractivity contribution >= 4 is 0 Å². The summed E-state index contributed by atoms with van der Waals surface area (Å²) in [6, 6.07) is 7.80. The van der Waals surface area contributed by atoms with E-state index in [0.29, 0.717) is 18.6 Å². The standard InChI is InChI=1S/C18H29NO2/c1-4-21-15-7-5-6-14(12-15)16(20)18(13-19)10-8-17(2,3)9-11-18/h5-7,12,16,20H,4,8-11,13,19H2,1-3H3. The predicted octanol–water partition coefficient (Wildman–Crippen LogP) is 3.66. The molecule has 1 atom stereocenters. The molecule has 1 saturated carbocycles. The van der Waals surface area contributed by atoms with Crippen LogP contribution < -0.4 is 10.5 Å². The van der Waals surface area contributed by atoms with Gasteiger partial charge in [0.25, 0.3) is 0 Å². The maximum atomic E-state index is 10.9. The van der Waals surface area contributed by atoms with Crippen LogP contribution in [0.15, 0.2) is 24.3 Å². The van der Waals surface area contributed by atoms with E-state index in [0.717, 1.165) is 37.0 Å². The van der Waals surface area contributed by atoms with Gasteiger partial charge in [0.15, 0.2) is 0 Å². The van der Waals surface area contributed by atoms with Crippen LogP contribution in [0.5, 0.6) is 5.75 Å². The fourth-order valence-electron chi connectivity index (χ4n) is 3.31. The number of nitrogens with two attached hydrogens (primary N) is 1. The average Bonchev–Trinajstić information content (AvgIpc) is 2.48. The Hall–Kier alpha value is -1.06. The highest BCUT2D eigenvalue weighted by Crippen LogP contribution is 2.50. The molecule has 0 heterocycles. The predicted molar refractivity (Wildman–Crippen MR) is 86.3 cm³/mol. The van der Waals surface area contributed by atoms with Gasteiger partial charge in [-0.25, -0.2) is 0 Å². The third kappa shape index (κ3) is 3.58. The van der Waals surface area contributed by atoms with Crippen molar-refractivity contribution in [1.29, 1.82) is 0 Å². The van der Waals surface area contributed by atoms with Crippen molar-refractivity contribution in [2.45, 2.75) is 52.6 Å². The first-order chi connectivity index (χ1) is 9.92. The fourth-order valence-corrected chi connectivity index (χ4v) is 3.31. The van der Waals surface area contributed by atoms with E-state index in [-0.39, 0.29) is 5.41 Å². The molecule has 0 amide bonds. The van der Waals surface area contributed by atoms with E-state index in [1.54, 1.807) is 0 Å². The zero-order chi connectivity index (χ0) is 15.5. The van der Waals surface area contributed by atoms with Gasteiger partial charge in [-0.15, -0.1) is 0 Å². The number of benzene rings is 1. The van der Waals surface area contributed by atoms with Crippen molar-refractivity contribution in [1.82, 2.24) is 0 Å². The van der Waals surface area contributed by atoms with Gasteiger partial charge in [0.1, 0.15) is 5.75 Å². The van der Waals surface area contributed by atoms with Crippen LogP contribution in [0.25, 0.3) is 0 Å². The summed E-state index contributed by atoms with van der Waals surface area (Å²) in [5.74, 6) is 0.817. The zero-order valence-corrected chi connectivity index (χ0v) is 13.6. The van der Waals surface area contributed by atoms with Crippen LogP contribution in [0.4, 0.5) is 0 Å². The van der Waals surface area contributed by atoms with Crippen molar-refractivity contribution < 1.29 is 9.84 Å². The molecule has 3 N–H and O–H groups in total. The molecule has 3 heteroatoms. The zero-order valence-electron chi connectivity index (χ0n) is 13.6. The Labute approximate surface area is 128 Å². The topological polar surface area (TPSA) is 55.5 Å². The SMILES string of the molecule is CCOc1cccc(C(O)C2(CN)CCC(C)(C)CC2)c1. The molecule has 0 aromatic heterocycles. The molecule has 1 aromatic carbocycles. The Morgan fingerprint density at radius 1 is 1.24 bits per heavy atom. The number of hydrogen-bond acceptors (Lipinski definition) is 3. The molecule has 0 saturated heterocycles. The first-order valence-electron chi connectivity index (χ1n) is 8.03. The minimum atomic E-state index is -0.515. The van der Waals surface area contributed by atoms with E-state index in [1.807, 2.05) is 31.2 Å². The van der Waals surface area contributed by atoms with E-state index < -0.39 is 6.10 Å². The molecule has 0 aliphatic heterocycles. The Bertz CT molecular complexity index is 460. The lowest BCUT2D eigenvalue weighted by atomic mass is 9.62. The van der Waals surface area contributed by atoms with Crippen LogP contribution in [-0.2, 0) is 0 Å². The van der Waals surface area contributed by atoms with Gasteiger partial charge in [-0.3, -0.25) is 0 Å². The smallest absolute Gasteiger partial charge is 0.119 e. The lowest BCUT2D eigenvalue weighted by Crippen LogP contribution is -2.41. The summed E-state index contributed by atoms with van der Waals surface area (Å²) in [6.07, 6.45) is 3.69. The van der Waals surface area contributed by atoms with Gasteiger partial charge in [-0.2, -0.15) is 0 Å². The van der Waals surface area contributed by atoms with Crippen LogP contribution in [-0.4, -0.2) is 18.3 Å². The molecule has 3 nitrogen and oxygen atoms in total. The maximum absolute atomic E-state index is 10.9. The summed E-state index contributed by atoms with van der Waals surface area (Å²) in [6.45, 7) is 7.73. The summed E-state index contributed by atoms with van der Waals surface area (Å²) in [4.78, 5) is 0. The van der Waals surface area contributed by atoms with Gasteiger partial charge < -0.3 is 15.6 Å². The Kier molecular flexibility index (Phi) is 4.95. The Morgan fingerprint density at radius 2 is 1.90 bits per heavy atom. The largest absolute Gasteiger partial charge is 0.494 e. The highest BCUT2D eigenvalue weighted by atomic mass is 16.5. The highest BCUT2D eigenvalue weighted by molar-refractivity contribution is 5.31. The second kappa shape index (κ2) is 6.37. The molecule has 0 bridgehead atoms. The minimum absolute atomic E-state index is 0.194. The number of hydrogen-bond donors (Lipinski definition) is 2. The van der Waals surface area contributed by atoms with Gasteiger partial charge in [0.2, 0.25) is 0 Å². The van der Waals surface area contributed by atoms with Crippen LogP contribution in [0.2, 0.25) is 0 Å². The summed E-state index contributed by atoms with van der Waals surface area (Å²) >= 11 is 0. The summed E-state index contributed by atoms with van der Waals surface area (Å²) < 4.78 is 5.54. The summed E-state index contributed by atoms with van der Waals surface area (Å²) in [5, 5.41) is 10.9. The monoisotopic (exact) mass is 291 g/mol. The highest BCUT2D eigenvalue weighted by Gasteiger charge is 2.43. The van der Waals surface area contributed by atoms with Gasteiger partial charge in [0, 0.05) is 12.0 Å². The van der Waals surface area contributed by atoms with E-state index >= 15 is 0 Å². The Morgan fingerprint density at radius 3 is 2.48 bits per heavy atom. The molecule has 1 unspecified atom stereocenters. The molecule has 0 spiro atoms. The average molecular weight is 291 g/mol. The van der Waals surface area contributed by atoms with Crippen LogP contribution >= 0.6 is 0 Å². The molecule has 1 aliphatic carbocycles. The summed E-state index contributed by atoms with van der Waals surface area (Å²) in [7, 11) is 0.